The minimum absolute atomic E-state index is 0.0990. The number of rotatable bonds is 2. The molecule has 1 fully saturated rings. The molecule has 4 heteroatoms. The molecule has 0 bridgehead atoms. The molecular weight excluding hydrogens is 178 g/mol. The molecule has 1 aromatic rings. The zero-order valence-corrected chi connectivity index (χ0v) is 8.79. The molecule has 78 valence electrons. The fourth-order valence-corrected chi connectivity index (χ4v) is 2.30. The molecule has 14 heavy (non-hydrogen) atoms. The molecule has 0 atom stereocenters. The van der Waals surface area contributed by atoms with Gasteiger partial charge in [-0.05, 0) is 31.8 Å². The summed E-state index contributed by atoms with van der Waals surface area (Å²) in [4.78, 5) is 0. The van der Waals surface area contributed by atoms with Gasteiger partial charge in [-0.15, -0.1) is 10.2 Å². The van der Waals surface area contributed by atoms with Gasteiger partial charge in [-0.3, -0.25) is 0 Å². The van der Waals surface area contributed by atoms with Crippen molar-refractivity contribution in [3.8, 4) is 0 Å². The monoisotopic (exact) mass is 195 g/mol. The summed E-state index contributed by atoms with van der Waals surface area (Å²) in [7, 11) is 0. The second-order valence-corrected chi connectivity index (χ2v) is 4.30. The van der Waals surface area contributed by atoms with E-state index in [4.69, 9.17) is 4.42 Å². The molecule has 1 aliphatic heterocycles. The molecule has 1 N–H and O–H groups in total. The molecule has 0 radical (unpaired) electrons. The Labute approximate surface area is 84.1 Å². The molecule has 2 rings (SSSR count). The van der Waals surface area contributed by atoms with E-state index in [-0.39, 0.29) is 5.41 Å². The first kappa shape index (κ1) is 9.65. The van der Waals surface area contributed by atoms with Crippen LogP contribution in [0.15, 0.2) is 10.8 Å². The Morgan fingerprint density at radius 3 is 2.64 bits per heavy atom. The number of piperidine rings is 1. The number of nitrogens with zero attached hydrogens (tertiary/aromatic N) is 2. The smallest absolute Gasteiger partial charge is 0.222 e. The van der Waals surface area contributed by atoms with E-state index in [1.807, 2.05) is 0 Å². The number of aromatic nitrogens is 2. The highest BCUT2D eigenvalue weighted by Gasteiger charge is 2.41. The molecule has 0 aromatic carbocycles. The summed E-state index contributed by atoms with van der Waals surface area (Å²) < 4.78 is 5.39. The van der Waals surface area contributed by atoms with Crippen molar-refractivity contribution in [3.05, 3.63) is 12.3 Å². The first-order valence-electron chi connectivity index (χ1n) is 5.23. The highest BCUT2D eigenvalue weighted by atomic mass is 16.4. The average Bonchev–Trinajstić information content (AvgIpc) is 2.72. The summed E-state index contributed by atoms with van der Waals surface area (Å²) in [6.45, 7) is 6.55. The molecule has 1 saturated heterocycles. The lowest BCUT2D eigenvalue weighted by atomic mass is 9.70. The Bertz CT molecular complexity index is 276. The van der Waals surface area contributed by atoms with Gasteiger partial charge in [0.1, 0.15) is 0 Å². The van der Waals surface area contributed by atoms with E-state index in [2.05, 4.69) is 29.4 Å². The van der Waals surface area contributed by atoms with Crippen molar-refractivity contribution in [2.75, 3.05) is 13.1 Å². The van der Waals surface area contributed by atoms with Gasteiger partial charge in [-0.2, -0.15) is 0 Å². The molecule has 0 aliphatic carbocycles. The quantitative estimate of drug-likeness (QED) is 0.774. The maximum Gasteiger partial charge on any atom is 0.222 e. The fourth-order valence-electron chi connectivity index (χ4n) is 2.30. The van der Waals surface area contributed by atoms with Crippen molar-refractivity contribution in [3.63, 3.8) is 0 Å². The Morgan fingerprint density at radius 2 is 2.14 bits per heavy atom. The van der Waals surface area contributed by atoms with Gasteiger partial charge in [-0.1, -0.05) is 13.8 Å². The lowest BCUT2D eigenvalue weighted by Gasteiger charge is -2.37. The van der Waals surface area contributed by atoms with Crippen LogP contribution in [-0.4, -0.2) is 23.3 Å². The SMILES string of the molecule is CC(C)C1(c2nnco2)CCNCC1. The zero-order valence-electron chi connectivity index (χ0n) is 8.79. The summed E-state index contributed by atoms with van der Waals surface area (Å²) in [6, 6.07) is 0. The van der Waals surface area contributed by atoms with Crippen LogP contribution in [0, 0.1) is 5.92 Å². The molecule has 0 spiro atoms. The van der Waals surface area contributed by atoms with Gasteiger partial charge >= 0.3 is 0 Å². The van der Waals surface area contributed by atoms with Gasteiger partial charge < -0.3 is 9.73 Å². The normalized spacial score (nSPS) is 21.4. The summed E-state index contributed by atoms with van der Waals surface area (Å²) in [5.41, 5.74) is 0.0990. The Balaban J connectivity index is 2.30. The van der Waals surface area contributed by atoms with Crippen LogP contribution >= 0.6 is 0 Å². The third kappa shape index (κ3) is 1.43. The first-order valence-corrected chi connectivity index (χ1v) is 5.23. The molecule has 2 heterocycles. The predicted molar refractivity (Wildman–Crippen MR) is 52.9 cm³/mol. The minimum atomic E-state index is 0.0990. The van der Waals surface area contributed by atoms with Crippen molar-refractivity contribution in [2.45, 2.75) is 32.1 Å². The second-order valence-electron chi connectivity index (χ2n) is 4.30. The van der Waals surface area contributed by atoms with Gasteiger partial charge in [0.05, 0.1) is 5.41 Å². The van der Waals surface area contributed by atoms with Gasteiger partial charge in [0.2, 0.25) is 12.3 Å². The van der Waals surface area contributed by atoms with Crippen molar-refractivity contribution in [1.29, 1.82) is 0 Å². The van der Waals surface area contributed by atoms with Gasteiger partial charge in [0, 0.05) is 0 Å². The van der Waals surface area contributed by atoms with Crippen LogP contribution in [0.5, 0.6) is 0 Å². The lowest BCUT2D eigenvalue weighted by molar-refractivity contribution is 0.181. The van der Waals surface area contributed by atoms with Crippen molar-refractivity contribution >= 4 is 0 Å². The third-order valence-electron chi connectivity index (χ3n) is 3.39. The molecular formula is C10H17N3O. The van der Waals surface area contributed by atoms with Crippen LogP contribution in [0.2, 0.25) is 0 Å². The molecule has 1 aliphatic rings. The predicted octanol–water partition coefficient (Wildman–Crippen LogP) is 1.35. The van der Waals surface area contributed by atoms with Gasteiger partial charge in [0.25, 0.3) is 0 Å². The maximum absolute atomic E-state index is 5.39. The van der Waals surface area contributed by atoms with E-state index in [0.29, 0.717) is 5.92 Å². The minimum Gasteiger partial charge on any atom is -0.427 e. The molecule has 0 unspecified atom stereocenters. The summed E-state index contributed by atoms with van der Waals surface area (Å²) >= 11 is 0. The van der Waals surface area contributed by atoms with Crippen LogP contribution in [0.1, 0.15) is 32.6 Å². The average molecular weight is 195 g/mol. The molecule has 4 nitrogen and oxygen atoms in total. The topological polar surface area (TPSA) is 51.0 Å². The van der Waals surface area contributed by atoms with E-state index >= 15 is 0 Å². The molecule has 1 aromatic heterocycles. The number of nitrogens with one attached hydrogen (secondary N) is 1. The van der Waals surface area contributed by atoms with E-state index in [1.165, 1.54) is 6.39 Å². The van der Waals surface area contributed by atoms with Gasteiger partial charge in [-0.25, -0.2) is 0 Å². The summed E-state index contributed by atoms with van der Waals surface area (Å²) in [6.07, 6.45) is 3.61. The van der Waals surface area contributed by atoms with Crippen LogP contribution in [0.3, 0.4) is 0 Å². The number of hydrogen-bond acceptors (Lipinski definition) is 4. The van der Waals surface area contributed by atoms with Crippen LogP contribution in [0.25, 0.3) is 0 Å². The maximum atomic E-state index is 5.39. The fraction of sp³-hybridized carbons (Fsp3) is 0.800. The molecule has 0 saturated carbocycles. The number of hydrogen-bond donors (Lipinski definition) is 1. The Kier molecular flexibility index (Phi) is 2.54. The van der Waals surface area contributed by atoms with E-state index in [1.54, 1.807) is 0 Å². The van der Waals surface area contributed by atoms with Gasteiger partial charge in [0.15, 0.2) is 0 Å². The summed E-state index contributed by atoms with van der Waals surface area (Å²) in [5.74, 6) is 1.36. The third-order valence-corrected chi connectivity index (χ3v) is 3.39. The van der Waals surface area contributed by atoms with Crippen molar-refractivity contribution in [1.82, 2.24) is 15.5 Å². The standard InChI is InChI=1S/C10H17N3O/c1-8(2)10(3-5-11-6-4-10)9-13-12-7-14-9/h7-8,11H,3-6H2,1-2H3. The molecule has 0 amide bonds. The lowest BCUT2D eigenvalue weighted by Crippen LogP contribution is -2.43. The highest BCUT2D eigenvalue weighted by molar-refractivity contribution is 5.07. The van der Waals surface area contributed by atoms with Crippen LogP contribution in [-0.2, 0) is 5.41 Å². The van der Waals surface area contributed by atoms with E-state index < -0.39 is 0 Å². The van der Waals surface area contributed by atoms with E-state index in [9.17, 15) is 0 Å². The van der Waals surface area contributed by atoms with Crippen LogP contribution < -0.4 is 5.32 Å². The van der Waals surface area contributed by atoms with Crippen molar-refractivity contribution in [2.24, 2.45) is 5.92 Å². The summed E-state index contributed by atoms with van der Waals surface area (Å²) in [5, 5.41) is 11.2. The zero-order chi connectivity index (χ0) is 10.0. The van der Waals surface area contributed by atoms with Crippen molar-refractivity contribution < 1.29 is 4.42 Å². The first-order chi connectivity index (χ1) is 6.76. The Morgan fingerprint density at radius 1 is 1.43 bits per heavy atom. The van der Waals surface area contributed by atoms with Crippen LogP contribution in [0.4, 0.5) is 0 Å². The largest absolute Gasteiger partial charge is 0.427 e. The van der Waals surface area contributed by atoms with E-state index in [0.717, 1.165) is 31.8 Å². The highest BCUT2D eigenvalue weighted by Crippen LogP contribution is 2.38. The Hall–Kier alpha value is -0.900. The second kappa shape index (κ2) is 3.69.